The number of carboxylic acid groups (broad SMARTS) is 1. The van der Waals surface area contributed by atoms with Crippen LogP contribution in [-0.4, -0.2) is 59.1 Å². The molecule has 1 atom stereocenters. The number of nitrogens with zero attached hydrogens (tertiary/aromatic N) is 1. The third-order valence-corrected chi connectivity index (χ3v) is 3.93. The molecule has 1 saturated carbocycles. The zero-order valence-electron chi connectivity index (χ0n) is 13.2. The van der Waals surface area contributed by atoms with Gasteiger partial charge in [-0.15, -0.1) is 0 Å². The van der Waals surface area contributed by atoms with Crippen LogP contribution >= 0.6 is 0 Å². The maximum Gasteiger partial charge on any atom is 0.317 e. The van der Waals surface area contributed by atoms with Crippen molar-refractivity contribution in [2.75, 3.05) is 13.1 Å². The van der Waals surface area contributed by atoms with E-state index in [0.717, 1.165) is 19.3 Å². The van der Waals surface area contributed by atoms with Crippen molar-refractivity contribution in [1.29, 1.82) is 0 Å². The second-order valence-electron chi connectivity index (χ2n) is 5.64. The van der Waals surface area contributed by atoms with Crippen molar-refractivity contribution in [3.8, 4) is 0 Å². The average Bonchev–Trinajstić information content (AvgIpc) is 2.38. The fraction of sp³-hybridized carbons (Fsp3) is 0.786. The molecule has 0 heterocycles. The maximum absolute atomic E-state index is 12.1. The summed E-state index contributed by atoms with van der Waals surface area (Å²) in [7, 11) is 0. The summed E-state index contributed by atoms with van der Waals surface area (Å²) >= 11 is 0. The number of hydrogen-bond donors (Lipinski definition) is 4. The number of rotatable bonds is 9. The van der Waals surface area contributed by atoms with E-state index in [1.807, 2.05) is 18.7 Å². The van der Waals surface area contributed by atoms with Gasteiger partial charge in [-0.1, -0.05) is 20.3 Å². The average molecular weight is 314 g/mol. The van der Waals surface area contributed by atoms with Gasteiger partial charge in [0.2, 0.25) is 5.91 Å². The minimum Gasteiger partial charge on any atom is -0.480 e. The van der Waals surface area contributed by atoms with E-state index in [1.165, 1.54) is 0 Å². The molecule has 8 heteroatoms. The lowest BCUT2D eigenvalue weighted by atomic mass is 9.85. The largest absolute Gasteiger partial charge is 0.480 e. The van der Waals surface area contributed by atoms with E-state index in [4.69, 9.17) is 10.8 Å². The zero-order chi connectivity index (χ0) is 16.7. The van der Waals surface area contributed by atoms with Gasteiger partial charge in [0.1, 0.15) is 6.04 Å². The molecule has 1 fully saturated rings. The summed E-state index contributed by atoms with van der Waals surface area (Å²) in [4.78, 5) is 35.7. The third-order valence-electron chi connectivity index (χ3n) is 3.93. The van der Waals surface area contributed by atoms with Gasteiger partial charge in [0.15, 0.2) is 0 Å². The van der Waals surface area contributed by atoms with Gasteiger partial charge in [-0.05, 0) is 25.8 Å². The summed E-state index contributed by atoms with van der Waals surface area (Å²) in [5, 5.41) is 14.2. The van der Waals surface area contributed by atoms with Gasteiger partial charge in [-0.25, -0.2) is 4.79 Å². The molecule has 22 heavy (non-hydrogen) atoms. The van der Waals surface area contributed by atoms with E-state index >= 15 is 0 Å². The molecule has 126 valence electrons. The monoisotopic (exact) mass is 314 g/mol. The van der Waals surface area contributed by atoms with E-state index in [2.05, 4.69) is 10.6 Å². The van der Waals surface area contributed by atoms with Crippen molar-refractivity contribution in [3.63, 3.8) is 0 Å². The molecule has 1 aliphatic rings. The van der Waals surface area contributed by atoms with Crippen LogP contribution in [0.5, 0.6) is 0 Å². The molecule has 0 saturated heterocycles. The number of aliphatic carboxylic acids is 1. The molecule has 8 nitrogen and oxygen atoms in total. The first-order valence-corrected chi connectivity index (χ1v) is 7.69. The number of nitrogens with one attached hydrogen (secondary N) is 2. The lowest BCUT2D eigenvalue weighted by Crippen LogP contribution is -2.58. The van der Waals surface area contributed by atoms with Gasteiger partial charge < -0.3 is 21.5 Å². The molecule has 3 amide bonds. The summed E-state index contributed by atoms with van der Waals surface area (Å²) in [5.41, 5.74) is 5.07. The summed E-state index contributed by atoms with van der Waals surface area (Å²) < 4.78 is 0. The normalized spacial score (nSPS) is 21.8. The Labute approximate surface area is 130 Å². The predicted molar refractivity (Wildman–Crippen MR) is 81.3 cm³/mol. The molecule has 0 radical (unpaired) electrons. The summed E-state index contributed by atoms with van der Waals surface area (Å²) in [6.07, 6.45) is 2.74. The Morgan fingerprint density at radius 3 is 2.41 bits per heavy atom. The number of amides is 3. The molecule has 0 aromatic rings. The highest BCUT2D eigenvalue weighted by Gasteiger charge is 2.35. The van der Waals surface area contributed by atoms with Crippen LogP contribution in [0.25, 0.3) is 0 Å². The van der Waals surface area contributed by atoms with Crippen LogP contribution in [0.3, 0.4) is 0 Å². The van der Waals surface area contributed by atoms with Crippen molar-refractivity contribution in [2.45, 2.75) is 57.7 Å². The van der Waals surface area contributed by atoms with Gasteiger partial charge in [0.25, 0.3) is 0 Å². The molecule has 1 aliphatic carbocycles. The molecular weight excluding hydrogens is 288 g/mol. The van der Waals surface area contributed by atoms with Gasteiger partial charge in [-0.3, -0.25) is 14.5 Å². The number of carbonyl (C=O) groups is 3. The molecule has 0 aromatic carbocycles. The summed E-state index contributed by atoms with van der Waals surface area (Å²) in [5.74, 6) is -1.08. The number of urea groups is 1. The molecule has 0 bridgehead atoms. The van der Waals surface area contributed by atoms with Gasteiger partial charge in [0.05, 0.1) is 6.54 Å². The first-order chi connectivity index (χ1) is 10.4. The van der Waals surface area contributed by atoms with E-state index in [9.17, 15) is 14.4 Å². The number of carbonyl (C=O) groups excluding carboxylic acids is 2. The standard InChI is InChI=1S/C14H26N4O4/c1-3-5-11(17-14(15)22)13(21)16-9-6-10(7-9)18(4-2)8-12(19)20/h9-11H,3-8H2,1-2H3,(H,16,21)(H,19,20)(H3,15,17,22)/t9?,10?,11-/m1/s1. The van der Waals surface area contributed by atoms with E-state index in [0.29, 0.717) is 13.0 Å². The summed E-state index contributed by atoms with van der Waals surface area (Å²) in [6, 6.07) is -1.11. The molecule has 5 N–H and O–H groups in total. The predicted octanol–water partition coefficient (Wildman–Crippen LogP) is -0.123. The molecule has 0 unspecified atom stereocenters. The van der Waals surface area contributed by atoms with E-state index in [-0.39, 0.29) is 24.5 Å². The Hall–Kier alpha value is -1.83. The third kappa shape index (κ3) is 5.51. The van der Waals surface area contributed by atoms with Crippen LogP contribution in [0.15, 0.2) is 0 Å². The van der Waals surface area contributed by atoms with Crippen LogP contribution < -0.4 is 16.4 Å². The van der Waals surface area contributed by atoms with Crippen molar-refractivity contribution in [3.05, 3.63) is 0 Å². The number of hydrogen-bond acceptors (Lipinski definition) is 4. The fourth-order valence-electron chi connectivity index (χ4n) is 2.71. The Balaban J connectivity index is 2.41. The number of carboxylic acids is 1. The molecule has 0 spiro atoms. The lowest BCUT2D eigenvalue weighted by Gasteiger charge is -2.42. The van der Waals surface area contributed by atoms with E-state index in [1.54, 1.807) is 0 Å². The van der Waals surface area contributed by atoms with Crippen molar-refractivity contribution < 1.29 is 19.5 Å². The molecule has 1 rings (SSSR count). The second kappa shape index (κ2) is 8.57. The highest BCUT2D eigenvalue weighted by atomic mass is 16.4. The zero-order valence-corrected chi connectivity index (χ0v) is 13.2. The second-order valence-corrected chi connectivity index (χ2v) is 5.64. The van der Waals surface area contributed by atoms with Crippen LogP contribution in [0.4, 0.5) is 4.79 Å². The van der Waals surface area contributed by atoms with Gasteiger partial charge in [-0.2, -0.15) is 0 Å². The quantitative estimate of drug-likeness (QED) is 0.472. The number of primary amides is 1. The van der Waals surface area contributed by atoms with Crippen molar-refractivity contribution >= 4 is 17.9 Å². The van der Waals surface area contributed by atoms with Crippen molar-refractivity contribution in [2.24, 2.45) is 5.73 Å². The minimum atomic E-state index is -0.844. The maximum atomic E-state index is 12.1. The molecular formula is C14H26N4O4. The molecule has 0 aromatic heterocycles. The minimum absolute atomic E-state index is 0.0174. The van der Waals surface area contributed by atoms with Crippen molar-refractivity contribution in [1.82, 2.24) is 15.5 Å². The Bertz CT molecular complexity index is 410. The first kappa shape index (κ1) is 18.2. The highest BCUT2D eigenvalue weighted by Crippen LogP contribution is 2.25. The van der Waals surface area contributed by atoms with Crippen LogP contribution in [-0.2, 0) is 9.59 Å². The molecule has 0 aliphatic heterocycles. The smallest absolute Gasteiger partial charge is 0.317 e. The number of likely N-dealkylation sites (N-methyl/N-ethyl adjacent to an activating group) is 1. The topological polar surface area (TPSA) is 125 Å². The van der Waals surface area contributed by atoms with Crippen LogP contribution in [0.1, 0.15) is 39.5 Å². The van der Waals surface area contributed by atoms with Gasteiger partial charge in [0, 0.05) is 12.1 Å². The van der Waals surface area contributed by atoms with Crippen LogP contribution in [0, 0.1) is 0 Å². The Morgan fingerprint density at radius 2 is 1.95 bits per heavy atom. The Morgan fingerprint density at radius 1 is 1.32 bits per heavy atom. The Kier molecular flexibility index (Phi) is 7.10. The van der Waals surface area contributed by atoms with Crippen LogP contribution in [0.2, 0.25) is 0 Å². The fourth-order valence-corrected chi connectivity index (χ4v) is 2.71. The number of nitrogens with two attached hydrogens (primary N) is 1. The lowest BCUT2D eigenvalue weighted by molar-refractivity contribution is -0.139. The highest BCUT2D eigenvalue weighted by molar-refractivity contribution is 5.86. The van der Waals surface area contributed by atoms with Gasteiger partial charge >= 0.3 is 12.0 Å². The summed E-state index contributed by atoms with van der Waals surface area (Å²) in [6.45, 7) is 4.53. The first-order valence-electron chi connectivity index (χ1n) is 7.69. The SMILES string of the molecule is CCC[C@@H](NC(N)=O)C(=O)NC1CC(N(CC)CC(=O)O)C1. The van der Waals surface area contributed by atoms with E-state index < -0.39 is 18.0 Å².